The molecule has 0 saturated carbocycles. The Morgan fingerprint density at radius 2 is 1.74 bits per heavy atom. The van der Waals surface area contributed by atoms with Crippen molar-refractivity contribution >= 4 is 20.7 Å². The Hall–Kier alpha value is -2.60. The van der Waals surface area contributed by atoms with Crippen molar-refractivity contribution in [3.8, 4) is 5.75 Å². The minimum absolute atomic E-state index is 0.0517. The standard InChI is InChI=1S/C17H15NO4S/c1-11-3-8-15-14(9-11)17(19)16(10-18-15)23(20,21)13-6-4-12(22-2)5-7-13/h3-10H,1-2H3,(H,18,19). The van der Waals surface area contributed by atoms with E-state index in [-0.39, 0.29) is 9.79 Å². The molecule has 1 aromatic heterocycles. The molecular weight excluding hydrogens is 314 g/mol. The van der Waals surface area contributed by atoms with Crippen LogP contribution in [0.25, 0.3) is 10.9 Å². The van der Waals surface area contributed by atoms with Gasteiger partial charge in [0.25, 0.3) is 0 Å². The maximum absolute atomic E-state index is 12.7. The van der Waals surface area contributed by atoms with Crippen LogP contribution in [0.3, 0.4) is 0 Å². The quantitative estimate of drug-likeness (QED) is 0.801. The number of aryl methyl sites for hydroxylation is 1. The molecule has 2 aromatic carbocycles. The molecule has 0 aliphatic rings. The molecule has 6 heteroatoms. The summed E-state index contributed by atoms with van der Waals surface area (Å²) in [6.45, 7) is 1.85. The molecule has 3 aromatic rings. The lowest BCUT2D eigenvalue weighted by molar-refractivity contribution is 0.414. The molecule has 3 rings (SSSR count). The molecule has 1 heterocycles. The van der Waals surface area contributed by atoms with Gasteiger partial charge >= 0.3 is 0 Å². The first-order valence-corrected chi connectivity index (χ1v) is 8.43. The van der Waals surface area contributed by atoms with Crippen molar-refractivity contribution in [2.24, 2.45) is 0 Å². The fourth-order valence-corrected chi connectivity index (χ4v) is 3.71. The van der Waals surface area contributed by atoms with Crippen molar-refractivity contribution in [1.29, 1.82) is 0 Å². The Balaban J connectivity index is 2.21. The van der Waals surface area contributed by atoms with Gasteiger partial charge in [0.2, 0.25) is 15.3 Å². The minimum Gasteiger partial charge on any atom is -0.497 e. The Morgan fingerprint density at radius 1 is 1.04 bits per heavy atom. The number of H-pyrrole nitrogens is 1. The first kappa shape index (κ1) is 15.3. The van der Waals surface area contributed by atoms with Crippen LogP contribution in [0, 0.1) is 6.92 Å². The van der Waals surface area contributed by atoms with Crippen LogP contribution in [0.4, 0.5) is 0 Å². The van der Waals surface area contributed by atoms with Gasteiger partial charge in [0.15, 0.2) is 0 Å². The van der Waals surface area contributed by atoms with Gasteiger partial charge in [-0.1, -0.05) is 11.6 Å². The van der Waals surface area contributed by atoms with Gasteiger partial charge in [0.05, 0.1) is 12.0 Å². The lowest BCUT2D eigenvalue weighted by Gasteiger charge is -2.07. The van der Waals surface area contributed by atoms with Crippen LogP contribution in [0.15, 0.2) is 63.2 Å². The van der Waals surface area contributed by atoms with Gasteiger partial charge in [-0.3, -0.25) is 4.79 Å². The molecule has 23 heavy (non-hydrogen) atoms. The highest BCUT2D eigenvalue weighted by Crippen LogP contribution is 2.22. The van der Waals surface area contributed by atoms with Gasteiger partial charge in [0, 0.05) is 17.1 Å². The monoisotopic (exact) mass is 329 g/mol. The van der Waals surface area contributed by atoms with Gasteiger partial charge in [-0.15, -0.1) is 0 Å². The number of benzene rings is 2. The van der Waals surface area contributed by atoms with Gasteiger partial charge in [-0.2, -0.15) is 0 Å². The fourth-order valence-electron chi connectivity index (χ4n) is 2.39. The van der Waals surface area contributed by atoms with Crippen molar-refractivity contribution in [3.05, 3.63) is 64.4 Å². The van der Waals surface area contributed by atoms with Crippen molar-refractivity contribution in [3.63, 3.8) is 0 Å². The Bertz CT molecular complexity index is 1030. The number of methoxy groups -OCH3 is 1. The fraction of sp³-hybridized carbons (Fsp3) is 0.118. The molecule has 0 amide bonds. The molecule has 0 fully saturated rings. The highest BCUT2D eigenvalue weighted by atomic mass is 32.2. The predicted octanol–water partition coefficient (Wildman–Crippen LogP) is 2.68. The highest BCUT2D eigenvalue weighted by Gasteiger charge is 2.22. The molecule has 0 unspecified atom stereocenters. The van der Waals surface area contributed by atoms with E-state index >= 15 is 0 Å². The second kappa shape index (κ2) is 5.55. The van der Waals surface area contributed by atoms with Gasteiger partial charge in [-0.05, 0) is 43.3 Å². The predicted molar refractivity (Wildman–Crippen MR) is 87.8 cm³/mol. The van der Waals surface area contributed by atoms with Gasteiger partial charge in [-0.25, -0.2) is 8.42 Å². The smallest absolute Gasteiger partial charge is 0.211 e. The van der Waals surface area contributed by atoms with E-state index in [1.54, 1.807) is 24.3 Å². The van der Waals surface area contributed by atoms with E-state index in [1.807, 2.05) is 13.0 Å². The normalized spacial score (nSPS) is 11.6. The number of ether oxygens (including phenoxy) is 1. The molecule has 1 N–H and O–H groups in total. The maximum Gasteiger partial charge on any atom is 0.211 e. The molecule has 118 valence electrons. The summed E-state index contributed by atoms with van der Waals surface area (Å²) in [7, 11) is -2.40. The number of aromatic amines is 1. The summed E-state index contributed by atoms with van der Waals surface area (Å²) in [6, 6.07) is 11.2. The third kappa shape index (κ3) is 2.61. The molecule has 0 aliphatic carbocycles. The van der Waals surface area contributed by atoms with E-state index < -0.39 is 15.3 Å². The second-order valence-electron chi connectivity index (χ2n) is 5.21. The summed E-state index contributed by atoms with van der Waals surface area (Å²) in [5.74, 6) is 0.548. The third-order valence-electron chi connectivity index (χ3n) is 3.66. The maximum atomic E-state index is 12.7. The number of rotatable bonds is 3. The second-order valence-corrected chi connectivity index (χ2v) is 7.13. The zero-order valence-electron chi connectivity index (χ0n) is 12.7. The Kier molecular flexibility index (Phi) is 3.69. The molecule has 5 nitrogen and oxygen atoms in total. The van der Waals surface area contributed by atoms with E-state index in [4.69, 9.17) is 4.74 Å². The molecule has 0 spiro atoms. The van der Waals surface area contributed by atoms with Crippen molar-refractivity contribution in [2.75, 3.05) is 7.11 Å². The number of hydrogen-bond donors (Lipinski definition) is 1. The van der Waals surface area contributed by atoms with Gasteiger partial charge < -0.3 is 9.72 Å². The van der Waals surface area contributed by atoms with Crippen LogP contribution in [0.1, 0.15) is 5.56 Å². The zero-order valence-corrected chi connectivity index (χ0v) is 13.5. The average Bonchev–Trinajstić information content (AvgIpc) is 2.55. The van der Waals surface area contributed by atoms with Crippen LogP contribution in [0.2, 0.25) is 0 Å². The van der Waals surface area contributed by atoms with Crippen molar-refractivity contribution in [1.82, 2.24) is 4.98 Å². The number of nitrogens with one attached hydrogen (secondary N) is 1. The largest absolute Gasteiger partial charge is 0.497 e. The first-order chi connectivity index (χ1) is 10.9. The molecule has 0 saturated heterocycles. The van der Waals surface area contributed by atoms with E-state index in [9.17, 15) is 13.2 Å². The van der Waals surface area contributed by atoms with Crippen LogP contribution in [-0.2, 0) is 9.84 Å². The van der Waals surface area contributed by atoms with E-state index in [0.29, 0.717) is 16.7 Å². The topological polar surface area (TPSA) is 76.2 Å². The highest BCUT2D eigenvalue weighted by molar-refractivity contribution is 7.91. The minimum atomic E-state index is -3.90. The molecule has 0 radical (unpaired) electrons. The number of sulfone groups is 1. The third-order valence-corrected chi connectivity index (χ3v) is 5.44. The Labute approximate surface area is 133 Å². The summed E-state index contributed by atoms with van der Waals surface area (Å²) in [5, 5.41) is 0.361. The molecule has 0 bridgehead atoms. The van der Waals surface area contributed by atoms with E-state index in [0.717, 1.165) is 5.56 Å². The van der Waals surface area contributed by atoms with Crippen LogP contribution < -0.4 is 10.2 Å². The number of hydrogen-bond acceptors (Lipinski definition) is 4. The summed E-state index contributed by atoms with van der Waals surface area (Å²) in [5.41, 5.74) is 0.995. The summed E-state index contributed by atoms with van der Waals surface area (Å²) >= 11 is 0. The number of fused-ring (bicyclic) bond motifs is 1. The number of pyridine rings is 1. The first-order valence-electron chi connectivity index (χ1n) is 6.94. The Morgan fingerprint density at radius 3 is 2.39 bits per heavy atom. The summed E-state index contributed by atoms with van der Waals surface area (Å²) < 4.78 is 30.5. The SMILES string of the molecule is COc1ccc(S(=O)(=O)c2c[nH]c3ccc(C)cc3c2=O)cc1. The van der Waals surface area contributed by atoms with Crippen LogP contribution in [0.5, 0.6) is 5.75 Å². The molecule has 0 atom stereocenters. The van der Waals surface area contributed by atoms with Crippen molar-refractivity contribution < 1.29 is 13.2 Å². The lowest BCUT2D eigenvalue weighted by Crippen LogP contribution is -2.16. The molecular formula is C17H15NO4S. The summed E-state index contributed by atoms with van der Waals surface area (Å²) in [4.78, 5) is 15.3. The van der Waals surface area contributed by atoms with Crippen LogP contribution in [-0.4, -0.2) is 20.5 Å². The van der Waals surface area contributed by atoms with E-state index in [1.165, 1.54) is 25.4 Å². The number of aromatic nitrogens is 1. The lowest BCUT2D eigenvalue weighted by atomic mass is 10.1. The van der Waals surface area contributed by atoms with Gasteiger partial charge in [0.1, 0.15) is 10.6 Å². The van der Waals surface area contributed by atoms with E-state index in [2.05, 4.69) is 4.98 Å². The van der Waals surface area contributed by atoms with Crippen molar-refractivity contribution in [2.45, 2.75) is 16.7 Å². The zero-order chi connectivity index (χ0) is 16.6. The average molecular weight is 329 g/mol. The van der Waals surface area contributed by atoms with Crippen LogP contribution >= 0.6 is 0 Å². The summed E-state index contributed by atoms with van der Waals surface area (Å²) in [6.07, 6.45) is 1.25. The molecule has 0 aliphatic heterocycles.